The van der Waals surface area contributed by atoms with Crippen LogP contribution in [0.25, 0.3) is 22.4 Å². The lowest BCUT2D eigenvalue weighted by atomic mass is 9.98. The van der Waals surface area contributed by atoms with Gasteiger partial charge in [0.2, 0.25) is 0 Å². The Morgan fingerprint density at radius 3 is 2.28 bits per heavy atom. The summed E-state index contributed by atoms with van der Waals surface area (Å²) in [7, 11) is 1.63. The molecule has 0 unspecified atom stereocenters. The highest BCUT2D eigenvalue weighted by atomic mass is 16.5. The van der Waals surface area contributed by atoms with Gasteiger partial charge in [-0.15, -0.1) is 0 Å². The fourth-order valence-electron chi connectivity index (χ4n) is 2.97. The summed E-state index contributed by atoms with van der Waals surface area (Å²) in [6.45, 7) is 4.11. The van der Waals surface area contributed by atoms with E-state index in [1.165, 1.54) is 0 Å². The van der Waals surface area contributed by atoms with E-state index in [4.69, 9.17) is 9.47 Å². The van der Waals surface area contributed by atoms with Gasteiger partial charge in [-0.25, -0.2) is 4.79 Å². The Morgan fingerprint density at radius 1 is 1.00 bits per heavy atom. The summed E-state index contributed by atoms with van der Waals surface area (Å²) in [5.41, 5.74) is 5.03. The SMILES string of the molecule is CCOC(=O)c1c(-c2ccccc2)[nH]c(C)c1-c1ccc(OC)cc1. The standard InChI is InChI=1S/C21H21NO3/c1-4-25-21(23)19-18(15-10-12-17(24-3)13-11-15)14(2)22-20(19)16-8-6-5-7-9-16/h5-13,22H,4H2,1-3H3. The number of H-pyrrole nitrogens is 1. The molecule has 0 fully saturated rings. The molecule has 0 spiro atoms. The third-order valence-corrected chi connectivity index (χ3v) is 4.11. The van der Waals surface area contributed by atoms with Crippen LogP contribution in [0, 0.1) is 6.92 Å². The summed E-state index contributed by atoms with van der Waals surface area (Å²) in [5, 5.41) is 0. The molecule has 1 N–H and O–H groups in total. The van der Waals surface area contributed by atoms with E-state index in [1.807, 2.05) is 68.4 Å². The van der Waals surface area contributed by atoms with E-state index in [0.717, 1.165) is 33.8 Å². The van der Waals surface area contributed by atoms with E-state index in [2.05, 4.69) is 4.98 Å². The number of carbonyl (C=O) groups excluding carboxylic acids is 1. The molecule has 1 aromatic heterocycles. The minimum Gasteiger partial charge on any atom is -0.497 e. The maximum Gasteiger partial charge on any atom is 0.340 e. The number of carbonyl (C=O) groups is 1. The van der Waals surface area contributed by atoms with Crippen molar-refractivity contribution < 1.29 is 14.3 Å². The molecule has 0 saturated heterocycles. The van der Waals surface area contributed by atoms with Crippen LogP contribution >= 0.6 is 0 Å². The van der Waals surface area contributed by atoms with Crippen molar-refractivity contribution in [2.45, 2.75) is 13.8 Å². The van der Waals surface area contributed by atoms with Gasteiger partial charge in [0, 0.05) is 11.3 Å². The smallest absolute Gasteiger partial charge is 0.340 e. The third-order valence-electron chi connectivity index (χ3n) is 4.11. The largest absolute Gasteiger partial charge is 0.497 e. The van der Waals surface area contributed by atoms with Crippen LogP contribution in [0.3, 0.4) is 0 Å². The van der Waals surface area contributed by atoms with E-state index in [9.17, 15) is 4.79 Å². The molecule has 0 aliphatic carbocycles. The molecule has 0 radical (unpaired) electrons. The zero-order valence-corrected chi connectivity index (χ0v) is 14.6. The summed E-state index contributed by atoms with van der Waals surface area (Å²) in [5.74, 6) is 0.453. The van der Waals surface area contributed by atoms with Crippen LogP contribution in [0.2, 0.25) is 0 Å². The molecule has 4 heteroatoms. The molecule has 2 aromatic carbocycles. The Hall–Kier alpha value is -3.01. The molecular weight excluding hydrogens is 314 g/mol. The summed E-state index contributed by atoms with van der Waals surface area (Å²) >= 11 is 0. The number of ether oxygens (including phenoxy) is 2. The van der Waals surface area contributed by atoms with Gasteiger partial charge in [0.15, 0.2) is 0 Å². The number of hydrogen-bond acceptors (Lipinski definition) is 3. The first-order valence-corrected chi connectivity index (χ1v) is 8.25. The first kappa shape index (κ1) is 16.8. The Labute approximate surface area is 147 Å². The lowest BCUT2D eigenvalue weighted by Gasteiger charge is -2.09. The topological polar surface area (TPSA) is 51.3 Å². The second kappa shape index (κ2) is 7.26. The van der Waals surface area contributed by atoms with Gasteiger partial charge in [-0.05, 0) is 37.1 Å². The van der Waals surface area contributed by atoms with Crippen molar-refractivity contribution in [3.63, 3.8) is 0 Å². The number of rotatable bonds is 5. The van der Waals surface area contributed by atoms with E-state index < -0.39 is 0 Å². The first-order valence-electron chi connectivity index (χ1n) is 8.25. The van der Waals surface area contributed by atoms with Crippen molar-refractivity contribution in [1.29, 1.82) is 0 Å². The highest BCUT2D eigenvalue weighted by Gasteiger charge is 2.24. The molecule has 0 aliphatic heterocycles. The van der Waals surface area contributed by atoms with Gasteiger partial charge in [0.05, 0.1) is 25.0 Å². The molecule has 4 nitrogen and oxygen atoms in total. The third kappa shape index (κ3) is 3.29. The molecule has 0 atom stereocenters. The molecule has 128 valence electrons. The Balaban J connectivity index is 2.20. The van der Waals surface area contributed by atoms with Crippen molar-refractivity contribution in [1.82, 2.24) is 4.98 Å². The van der Waals surface area contributed by atoms with Gasteiger partial charge in [0.25, 0.3) is 0 Å². The second-order valence-corrected chi connectivity index (χ2v) is 5.69. The molecule has 25 heavy (non-hydrogen) atoms. The fraction of sp³-hybridized carbons (Fsp3) is 0.190. The van der Waals surface area contributed by atoms with Crippen LogP contribution in [0.15, 0.2) is 54.6 Å². The van der Waals surface area contributed by atoms with Crippen molar-refractivity contribution >= 4 is 5.97 Å². The fourth-order valence-corrected chi connectivity index (χ4v) is 2.97. The molecule has 1 heterocycles. The maximum atomic E-state index is 12.7. The molecular formula is C21H21NO3. The summed E-state index contributed by atoms with van der Waals surface area (Å²) in [6.07, 6.45) is 0. The summed E-state index contributed by atoms with van der Waals surface area (Å²) in [6, 6.07) is 17.5. The number of hydrogen-bond donors (Lipinski definition) is 1. The van der Waals surface area contributed by atoms with E-state index in [0.29, 0.717) is 12.2 Å². The summed E-state index contributed by atoms with van der Waals surface area (Å²) in [4.78, 5) is 16.1. The van der Waals surface area contributed by atoms with Gasteiger partial charge in [0.1, 0.15) is 5.75 Å². The Bertz CT molecular complexity index is 864. The molecule has 0 amide bonds. The second-order valence-electron chi connectivity index (χ2n) is 5.69. The average Bonchev–Trinajstić information content (AvgIpc) is 3.00. The van der Waals surface area contributed by atoms with Gasteiger partial charge >= 0.3 is 5.97 Å². The van der Waals surface area contributed by atoms with Gasteiger partial charge in [-0.1, -0.05) is 42.5 Å². The van der Waals surface area contributed by atoms with Crippen molar-refractivity contribution in [2.24, 2.45) is 0 Å². The molecule has 3 rings (SSSR count). The minimum absolute atomic E-state index is 0.323. The number of benzene rings is 2. The van der Waals surface area contributed by atoms with E-state index in [-0.39, 0.29) is 5.97 Å². The maximum absolute atomic E-state index is 12.7. The van der Waals surface area contributed by atoms with Crippen LogP contribution in [0.4, 0.5) is 0 Å². The number of aryl methyl sites for hydroxylation is 1. The van der Waals surface area contributed by atoms with Crippen molar-refractivity contribution in [2.75, 3.05) is 13.7 Å². The van der Waals surface area contributed by atoms with Crippen molar-refractivity contribution in [3.05, 3.63) is 65.9 Å². The normalized spacial score (nSPS) is 10.5. The minimum atomic E-state index is -0.323. The Kier molecular flexibility index (Phi) is 4.89. The zero-order chi connectivity index (χ0) is 17.8. The first-order chi connectivity index (χ1) is 12.2. The number of aromatic nitrogens is 1. The van der Waals surface area contributed by atoms with Gasteiger partial charge in [-0.2, -0.15) is 0 Å². The average molecular weight is 335 g/mol. The molecule has 0 aliphatic rings. The monoisotopic (exact) mass is 335 g/mol. The van der Waals surface area contributed by atoms with E-state index in [1.54, 1.807) is 7.11 Å². The van der Waals surface area contributed by atoms with E-state index >= 15 is 0 Å². The van der Waals surface area contributed by atoms with Crippen molar-refractivity contribution in [3.8, 4) is 28.1 Å². The van der Waals surface area contributed by atoms with Crippen LogP contribution in [-0.4, -0.2) is 24.7 Å². The highest BCUT2D eigenvalue weighted by molar-refractivity contribution is 6.04. The van der Waals surface area contributed by atoms with Crippen LogP contribution < -0.4 is 4.74 Å². The predicted molar refractivity (Wildman–Crippen MR) is 98.9 cm³/mol. The summed E-state index contributed by atoms with van der Waals surface area (Å²) < 4.78 is 10.6. The van der Waals surface area contributed by atoms with Gasteiger partial charge < -0.3 is 14.5 Å². The number of methoxy groups -OCH3 is 1. The van der Waals surface area contributed by atoms with Crippen LogP contribution in [0.1, 0.15) is 23.0 Å². The van der Waals surface area contributed by atoms with Crippen LogP contribution in [0.5, 0.6) is 5.75 Å². The van der Waals surface area contributed by atoms with Gasteiger partial charge in [-0.3, -0.25) is 0 Å². The quantitative estimate of drug-likeness (QED) is 0.679. The zero-order valence-electron chi connectivity index (χ0n) is 14.6. The lowest BCUT2D eigenvalue weighted by Crippen LogP contribution is -2.06. The number of esters is 1. The predicted octanol–water partition coefficient (Wildman–Crippen LogP) is 4.84. The highest BCUT2D eigenvalue weighted by Crippen LogP contribution is 2.36. The molecule has 0 bridgehead atoms. The number of nitrogens with one attached hydrogen (secondary N) is 1. The van der Waals surface area contributed by atoms with Crippen LogP contribution in [-0.2, 0) is 4.74 Å². The number of aromatic amines is 1. The molecule has 3 aromatic rings. The molecule has 0 saturated carbocycles. The lowest BCUT2D eigenvalue weighted by molar-refractivity contribution is 0.0528. The Morgan fingerprint density at radius 2 is 1.68 bits per heavy atom.